The predicted molar refractivity (Wildman–Crippen MR) is 541 cm³/mol. The van der Waals surface area contributed by atoms with Gasteiger partial charge in [0.2, 0.25) is 0 Å². The summed E-state index contributed by atoms with van der Waals surface area (Å²) in [6.45, 7) is 16.9. The Kier molecular flexibility index (Phi) is 122. The van der Waals surface area contributed by atoms with Gasteiger partial charge in [-0.3, -0.25) is 28.8 Å². The van der Waals surface area contributed by atoms with E-state index in [1.807, 2.05) is 0 Å². The molecule has 0 unspecified atom stereocenters. The molecule has 16 heteroatoms. The molecule has 0 saturated heterocycles. The molecule has 0 aromatic carbocycles. The van der Waals surface area contributed by atoms with Gasteiger partial charge in [-0.25, -0.2) is 0 Å². The molecule has 0 spiro atoms. The normalized spacial score (nSPS) is 11.1. The van der Waals surface area contributed by atoms with Crippen LogP contribution in [0.15, 0.2) is 0 Å². The van der Waals surface area contributed by atoms with Crippen molar-refractivity contribution in [3.63, 3.8) is 0 Å². The molecule has 0 aromatic heterocycles. The molecule has 0 saturated carbocycles. The summed E-state index contributed by atoms with van der Waals surface area (Å²) in [6, 6.07) is 0. The number of hydrogen-bond donors (Lipinski definition) is 0. The largest absolute Gasteiger partial charge is 0.466 e. The third-order valence-electron chi connectivity index (χ3n) is 23.3. The monoisotopic (exact) mass is 1800 g/mol. The van der Waals surface area contributed by atoms with Crippen molar-refractivity contribution in [3.8, 4) is 0 Å². The Hall–Kier alpha value is -1.78. The topological polar surface area (TPSA) is 158 Å². The van der Waals surface area contributed by atoms with Crippen molar-refractivity contribution in [2.45, 2.75) is 568 Å². The van der Waals surface area contributed by atoms with Gasteiger partial charge < -0.3 is 28.4 Å². The van der Waals surface area contributed by atoms with E-state index in [0.717, 1.165) is 77.0 Å². The second-order valence-corrected chi connectivity index (χ2v) is 39.1. The van der Waals surface area contributed by atoms with Crippen molar-refractivity contribution in [3.05, 3.63) is 0 Å². The maximum absolute atomic E-state index is 12.0. The van der Waals surface area contributed by atoms with Crippen LogP contribution in [0.5, 0.6) is 0 Å². The first-order valence-electron chi connectivity index (χ1n) is 53.3. The lowest BCUT2D eigenvalue weighted by molar-refractivity contribution is -0.144. The highest BCUT2D eigenvalue weighted by atomic mass is 32.2. The first-order chi connectivity index (χ1) is 59.6. The first kappa shape index (κ1) is 127. The molecular weight excluding hydrogens is 1590 g/mol. The number of ether oxygens (including phenoxy) is 6. The number of rotatable bonds is 100. The lowest BCUT2D eigenvalue weighted by atomic mass is 10.0. The molecule has 0 fully saturated rings. The van der Waals surface area contributed by atoms with E-state index in [9.17, 15) is 28.8 Å². The van der Waals surface area contributed by atoms with Crippen LogP contribution in [0, 0.1) is 0 Å². The standard InChI is InChI=1S/C42H82O4S.C34H66O4S.C30H58O4S.H2S/c1-3-5-7-9-11-13-15-17-19-21-23-25-27-29-31-33-37-45-41(43)35-39-47-40-36-42(44)46-38-34-32-30-28-26-24-22-20-18-16-14-12-10-8-6-4-2;1-3-5-7-9-11-13-15-17-19-21-23-25-29-37-33(35)27-31-39-32-28-34(36)38-30-26-24-22-20-18-16-14-12-10-8-6-4-2;1-3-5-7-9-11-13-15-17-19-21-25-33-29(31)23-27-35-28-24-30(32)34-26-22-20-18-16-14-12-10-8-6-4-2;/h3-40H2,1-2H3;3-32H2,1-2H3;3-28H2,1-2H3;1H2. The van der Waals surface area contributed by atoms with E-state index in [4.69, 9.17) is 28.4 Å². The van der Waals surface area contributed by atoms with Gasteiger partial charge in [0.1, 0.15) is 0 Å². The van der Waals surface area contributed by atoms with Gasteiger partial charge in [0, 0.05) is 34.5 Å². The molecule has 0 atom stereocenters. The minimum Gasteiger partial charge on any atom is -0.466 e. The van der Waals surface area contributed by atoms with Crippen molar-refractivity contribution >= 4 is 84.6 Å². The van der Waals surface area contributed by atoms with Crippen LogP contribution in [-0.2, 0) is 57.2 Å². The van der Waals surface area contributed by atoms with E-state index in [0.29, 0.717) is 113 Å². The third kappa shape index (κ3) is 120. The fourth-order valence-corrected chi connectivity index (χ4v) is 17.6. The maximum atomic E-state index is 12.0. The molecule has 0 radical (unpaired) electrons. The van der Waals surface area contributed by atoms with Gasteiger partial charge >= 0.3 is 35.8 Å². The maximum Gasteiger partial charge on any atom is 0.306 e. The van der Waals surface area contributed by atoms with Gasteiger partial charge in [-0.2, -0.15) is 48.8 Å². The van der Waals surface area contributed by atoms with Crippen LogP contribution < -0.4 is 0 Å². The summed E-state index contributed by atoms with van der Waals surface area (Å²) >= 11 is 4.90. The molecule has 0 aliphatic heterocycles. The Labute approximate surface area is 778 Å². The number of carbonyl (C=O) groups excluding carboxylic acids is 6. The van der Waals surface area contributed by atoms with E-state index in [-0.39, 0.29) is 49.3 Å². The molecule has 0 aliphatic rings. The van der Waals surface area contributed by atoms with Crippen molar-refractivity contribution in [1.29, 1.82) is 0 Å². The number of thioether (sulfide) groups is 3. The lowest BCUT2D eigenvalue weighted by Gasteiger charge is -2.06. The second kappa shape index (κ2) is 117. The van der Waals surface area contributed by atoms with Gasteiger partial charge in [0.05, 0.1) is 78.2 Å². The van der Waals surface area contributed by atoms with Crippen LogP contribution in [-0.4, -0.2) is 110 Å². The lowest BCUT2D eigenvalue weighted by Crippen LogP contribution is -2.09. The smallest absolute Gasteiger partial charge is 0.306 e. The van der Waals surface area contributed by atoms with Crippen molar-refractivity contribution < 1.29 is 57.2 Å². The molecule has 0 bridgehead atoms. The molecule has 0 rings (SSSR count). The SMILES string of the molecule is CCCCCCCCCCCCCCCCCCOC(=O)CCSCCC(=O)OCCCCCCCCCCCCCCCCCC.CCCCCCCCCCCCCCOC(=O)CCSCCC(=O)OCCCCCCCCCCCCCC.CCCCCCCCCCCCOC(=O)CCSCCC(=O)OCCCCCCCCCCCC.S. The molecule has 0 aliphatic carbocycles. The minimum absolute atomic E-state index is 0. The quantitative estimate of drug-likeness (QED) is 0.0321. The Morgan fingerprint density at radius 2 is 0.221 bits per heavy atom. The van der Waals surface area contributed by atoms with Crippen LogP contribution in [0.4, 0.5) is 0 Å². The number of carbonyl (C=O) groups is 6. The minimum atomic E-state index is -0.114. The van der Waals surface area contributed by atoms with E-state index < -0.39 is 0 Å². The summed E-state index contributed by atoms with van der Waals surface area (Å²) in [7, 11) is 0. The zero-order valence-corrected chi connectivity index (χ0v) is 85.5. The van der Waals surface area contributed by atoms with E-state index in [1.54, 1.807) is 35.3 Å². The van der Waals surface area contributed by atoms with Crippen molar-refractivity contribution in [2.75, 3.05) is 74.2 Å². The summed E-state index contributed by atoms with van der Waals surface area (Å²) in [5.41, 5.74) is 0. The predicted octanol–water partition coefficient (Wildman–Crippen LogP) is 34.6. The van der Waals surface area contributed by atoms with Crippen LogP contribution in [0.1, 0.15) is 568 Å². The van der Waals surface area contributed by atoms with Gasteiger partial charge in [-0.15, -0.1) is 0 Å². The Bertz CT molecular complexity index is 1900. The highest BCUT2D eigenvalue weighted by Crippen LogP contribution is 2.21. The molecule has 0 aromatic rings. The summed E-state index contributed by atoms with van der Waals surface area (Å²) in [6.07, 6.45) is 103. The van der Waals surface area contributed by atoms with Gasteiger partial charge in [-0.1, -0.05) is 491 Å². The molecule has 0 amide bonds. The zero-order chi connectivity index (χ0) is 88.3. The number of esters is 6. The average molecular weight is 1800 g/mol. The average Bonchev–Trinajstić information content (AvgIpc) is 1.05. The number of hydrogen-bond acceptors (Lipinski definition) is 15. The van der Waals surface area contributed by atoms with E-state index in [1.165, 1.54) is 411 Å². The Morgan fingerprint density at radius 3 is 0.311 bits per heavy atom. The third-order valence-corrected chi connectivity index (χ3v) is 26.2. The molecule has 0 N–H and O–H groups in total. The summed E-state index contributed by atoms with van der Waals surface area (Å²) in [4.78, 5) is 71.2. The Morgan fingerprint density at radius 1 is 0.139 bits per heavy atom. The van der Waals surface area contributed by atoms with Crippen molar-refractivity contribution in [2.24, 2.45) is 0 Å². The van der Waals surface area contributed by atoms with Gasteiger partial charge in [-0.05, 0) is 38.5 Å². The highest BCUT2D eigenvalue weighted by Gasteiger charge is 2.11. The van der Waals surface area contributed by atoms with Crippen LogP contribution in [0.25, 0.3) is 0 Å². The number of unbranched alkanes of at least 4 members (excludes halogenated alkanes) is 70. The molecule has 0 heterocycles. The summed E-state index contributed by atoms with van der Waals surface area (Å²) in [5.74, 6) is 3.61. The van der Waals surface area contributed by atoms with E-state index >= 15 is 0 Å². The molecular formula is C106H208O12S4. The van der Waals surface area contributed by atoms with Crippen LogP contribution in [0.3, 0.4) is 0 Å². The van der Waals surface area contributed by atoms with E-state index in [2.05, 4.69) is 41.5 Å². The highest BCUT2D eigenvalue weighted by molar-refractivity contribution is 7.99. The van der Waals surface area contributed by atoms with Crippen LogP contribution in [0.2, 0.25) is 0 Å². The van der Waals surface area contributed by atoms with Gasteiger partial charge in [0.15, 0.2) is 0 Å². The first-order valence-corrected chi connectivity index (χ1v) is 56.7. The summed E-state index contributed by atoms with van der Waals surface area (Å²) in [5, 5.41) is 0. The summed E-state index contributed by atoms with van der Waals surface area (Å²) < 4.78 is 32.1. The second-order valence-electron chi connectivity index (χ2n) is 35.4. The molecule has 122 heavy (non-hydrogen) atoms. The molecule has 12 nitrogen and oxygen atoms in total. The Balaban J connectivity index is -0.000000863. The van der Waals surface area contributed by atoms with Crippen LogP contribution >= 0.6 is 48.8 Å². The zero-order valence-electron chi connectivity index (χ0n) is 82.1. The molecule has 728 valence electrons. The fraction of sp³-hybridized carbons (Fsp3) is 0.943. The van der Waals surface area contributed by atoms with Crippen molar-refractivity contribution in [1.82, 2.24) is 0 Å². The fourth-order valence-electron chi connectivity index (χ4n) is 15.2. The van der Waals surface area contributed by atoms with Gasteiger partial charge in [0.25, 0.3) is 0 Å².